The lowest BCUT2D eigenvalue weighted by Crippen LogP contribution is -2.20. The normalized spacial score (nSPS) is 21.2. The molecule has 104 valence electrons. The number of aliphatic hydroxyl groups is 1. The number of benzene rings is 2. The largest absolute Gasteiger partial charge is 0.485 e. The van der Waals surface area contributed by atoms with Crippen molar-refractivity contribution in [2.75, 3.05) is 0 Å². The maximum Gasteiger partial charge on any atom is 0.127 e. The van der Waals surface area contributed by atoms with E-state index in [0.717, 1.165) is 11.3 Å². The van der Waals surface area contributed by atoms with Gasteiger partial charge in [0.25, 0.3) is 0 Å². The molecule has 2 heteroatoms. The van der Waals surface area contributed by atoms with Crippen LogP contribution in [0.2, 0.25) is 0 Å². The lowest BCUT2D eigenvalue weighted by molar-refractivity contribution is 0.0652. The number of rotatable bonds is 1. The Kier molecular flexibility index (Phi) is 3.27. The van der Waals surface area contributed by atoms with Gasteiger partial charge >= 0.3 is 0 Å². The third kappa shape index (κ3) is 2.20. The van der Waals surface area contributed by atoms with Gasteiger partial charge in [-0.05, 0) is 43.5 Å². The maximum atomic E-state index is 10.3. The lowest BCUT2D eigenvalue weighted by Gasteiger charge is -2.31. The highest BCUT2D eigenvalue weighted by molar-refractivity contribution is 5.43. The molecule has 0 fully saturated rings. The molecule has 0 aromatic heterocycles. The van der Waals surface area contributed by atoms with E-state index in [1.165, 1.54) is 22.3 Å². The van der Waals surface area contributed by atoms with Gasteiger partial charge in [0.1, 0.15) is 11.9 Å². The Morgan fingerprint density at radius 3 is 2.40 bits per heavy atom. The van der Waals surface area contributed by atoms with Gasteiger partial charge in [-0.2, -0.15) is 0 Å². The topological polar surface area (TPSA) is 29.5 Å². The Bertz CT molecular complexity index is 623. The molecule has 2 atom stereocenters. The second-order valence-electron chi connectivity index (χ2n) is 5.71. The minimum Gasteiger partial charge on any atom is -0.485 e. The molecular formula is C18H20O2. The minimum atomic E-state index is -0.454. The van der Waals surface area contributed by atoms with Crippen molar-refractivity contribution in [3.8, 4) is 5.75 Å². The summed E-state index contributed by atoms with van der Waals surface area (Å²) in [5, 5.41) is 10.3. The van der Waals surface area contributed by atoms with Crippen molar-refractivity contribution in [2.45, 2.75) is 39.4 Å². The van der Waals surface area contributed by atoms with Gasteiger partial charge in [-0.1, -0.05) is 35.9 Å². The minimum absolute atomic E-state index is 0.0690. The van der Waals surface area contributed by atoms with E-state index in [-0.39, 0.29) is 6.10 Å². The van der Waals surface area contributed by atoms with Gasteiger partial charge in [-0.3, -0.25) is 0 Å². The van der Waals surface area contributed by atoms with Crippen molar-refractivity contribution >= 4 is 0 Å². The fourth-order valence-electron chi connectivity index (χ4n) is 3.27. The van der Waals surface area contributed by atoms with Crippen LogP contribution in [0.15, 0.2) is 36.4 Å². The summed E-state index contributed by atoms with van der Waals surface area (Å²) >= 11 is 0. The summed E-state index contributed by atoms with van der Waals surface area (Å²) in [5.41, 5.74) is 5.84. The van der Waals surface area contributed by atoms with Gasteiger partial charge in [0.05, 0.1) is 6.10 Å². The van der Waals surface area contributed by atoms with Gasteiger partial charge < -0.3 is 9.84 Å². The average molecular weight is 268 g/mol. The van der Waals surface area contributed by atoms with E-state index in [9.17, 15) is 5.11 Å². The SMILES string of the molecule is Cc1cc(C)c(C2C[C@@H](O)c3ccccc3O2)c(C)c1. The molecule has 2 aromatic rings. The first kappa shape index (κ1) is 13.2. The van der Waals surface area contributed by atoms with E-state index >= 15 is 0 Å². The summed E-state index contributed by atoms with van der Waals surface area (Å²) < 4.78 is 6.13. The molecule has 20 heavy (non-hydrogen) atoms. The predicted molar refractivity (Wildman–Crippen MR) is 80.0 cm³/mol. The number of aliphatic hydroxyl groups excluding tert-OH is 1. The first-order chi connectivity index (χ1) is 9.56. The van der Waals surface area contributed by atoms with Gasteiger partial charge in [0.2, 0.25) is 0 Å². The summed E-state index contributed by atoms with van der Waals surface area (Å²) in [6.45, 7) is 6.34. The summed E-state index contributed by atoms with van der Waals surface area (Å²) in [6, 6.07) is 12.1. The Labute approximate surface area is 120 Å². The lowest BCUT2D eigenvalue weighted by atomic mass is 9.89. The van der Waals surface area contributed by atoms with Crippen molar-refractivity contribution in [2.24, 2.45) is 0 Å². The maximum absolute atomic E-state index is 10.3. The third-order valence-electron chi connectivity index (χ3n) is 4.04. The Morgan fingerprint density at radius 1 is 1.05 bits per heavy atom. The van der Waals surface area contributed by atoms with Crippen LogP contribution >= 0.6 is 0 Å². The predicted octanol–water partition coefficient (Wildman–Crippen LogP) is 4.17. The van der Waals surface area contributed by atoms with Crippen LogP contribution in [-0.4, -0.2) is 5.11 Å². The summed E-state index contributed by atoms with van der Waals surface area (Å²) in [5.74, 6) is 0.802. The van der Waals surface area contributed by atoms with Crippen LogP contribution in [0.25, 0.3) is 0 Å². The van der Waals surface area contributed by atoms with E-state index in [4.69, 9.17) is 4.74 Å². The molecular weight excluding hydrogens is 248 g/mol. The van der Waals surface area contributed by atoms with Crippen molar-refractivity contribution in [3.05, 3.63) is 64.2 Å². The van der Waals surface area contributed by atoms with Crippen LogP contribution in [0.4, 0.5) is 0 Å². The molecule has 2 nitrogen and oxygen atoms in total. The Morgan fingerprint density at radius 2 is 1.70 bits per heavy atom. The standard InChI is InChI=1S/C18H20O2/c1-11-8-12(2)18(13(3)9-11)17-10-15(19)14-6-4-5-7-16(14)20-17/h4-9,15,17,19H,10H2,1-3H3/t15-,17?/m1/s1. The second kappa shape index (κ2) is 4.95. The third-order valence-corrected chi connectivity index (χ3v) is 4.04. The number of fused-ring (bicyclic) bond motifs is 1. The van der Waals surface area contributed by atoms with E-state index in [1.807, 2.05) is 24.3 Å². The highest BCUT2D eigenvalue weighted by Crippen LogP contribution is 2.42. The van der Waals surface area contributed by atoms with E-state index < -0.39 is 6.10 Å². The molecule has 0 radical (unpaired) electrons. The molecule has 1 heterocycles. The quantitative estimate of drug-likeness (QED) is 0.841. The average Bonchev–Trinajstić information content (AvgIpc) is 2.37. The number of aryl methyl sites for hydroxylation is 3. The fraction of sp³-hybridized carbons (Fsp3) is 0.333. The zero-order valence-corrected chi connectivity index (χ0v) is 12.2. The van der Waals surface area contributed by atoms with Crippen LogP contribution in [-0.2, 0) is 0 Å². The smallest absolute Gasteiger partial charge is 0.127 e. The number of para-hydroxylation sites is 1. The molecule has 1 aliphatic rings. The highest BCUT2D eigenvalue weighted by atomic mass is 16.5. The van der Waals surface area contributed by atoms with Crippen LogP contribution in [0.3, 0.4) is 0 Å². The highest BCUT2D eigenvalue weighted by Gasteiger charge is 2.29. The van der Waals surface area contributed by atoms with Gasteiger partial charge in [0.15, 0.2) is 0 Å². The van der Waals surface area contributed by atoms with Gasteiger partial charge in [0, 0.05) is 12.0 Å². The number of hydrogen-bond acceptors (Lipinski definition) is 2. The molecule has 0 amide bonds. The Balaban J connectivity index is 2.02. The molecule has 0 bridgehead atoms. The number of hydrogen-bond donors (Lipinski definition) is 1. The van der Waals surface area contributed by atoms with Gasteiger partial charge in [-0.25, -0.2) is 0 Å². The number of ether oxygens (including phenoxy) is 1. The second-order valence-corrected chi connectivity index (χ2v) is 5.71. The van der Waals surface area contributed by atoms with Crippen LogP contribution < -0.4 is 4.74 Å². The zero-order chi connectivity index (χ0) is 14.3. The van der Waals surface area contributed by atoms with E-state index in [0.29, 0.717) is 6.42 Å². The molecule has 2 aromatic carbocycles. The van der Waals surface area contributed by atoms with Crippen LogP contribution in [0.5, 0.6) is 5.75 Å². The summed E-state index contributed by atoms with van der Waals surface area (Å²) in [4.78, 5) is 0. The van der Waals surface area contributed by atoms with Crippen molar-refractivity contribution < 1.29 is 9.84 Å². The Hall–Kier alpha value is -1.80. The molecule has 1 aliphatic heterocycles. The molecule has 0 saturated heterocycles. The van der Waals surface area contributed by atoms with Crippen molar-refractivity contribution in [1.29, 1.82) is 0 Å². The van der Waals surface area contributed by atoms with Crippen molar-refractivity contribution in [1.82, 2.24) is 0 Å². The van der Waals surface area contributed by atoms with Crippen molar-refractivity contribution in [3.63, 3.8) is 0 Å². The monoisotopic (exact) mass is 268 g/mol. The molecule has 1 N–H and O–H groups in total. The van der Waals surface area contributed by atoms with Crippen LogP contribution in [0, 0.1) is 20.8 Å². The van der Waals surface area contributed by atoms with Gasteiger partial charge in [-0.15, -0.1) is 0 Å². The first-order valence-corrected chi connectivity index (χ1v) is 7.07. The molecule has 0 aliphatic carbocycles. The first-order valence-electron chi connectivity index (χ1n) is 7.07. The summed E-state index contributed by atoms with van der Waals surface area (Å²) in [6.07, 6.45) is 0.0902. The van der Waals surface area contributed by atoms with E-state index in [2.05, 4.69) is 32.9 Å². The molecule has 0 saturated carbocycles. The van der Waals surface area contributed by atoms with E-state index in [1.54, 1.807) is 0 Å². The summed E-state index contributed by atoms with van der Waals surface area (Å²) in [7, 11) is 0. The molecule has 1 unspecified atom stereocenters. The molecule has 0 spiro atoms. The fourth-order valence-corrected chi connectivity index (χ4v) is 3.27. The van der Waals surface area contributed by atoms with Crippen LogP contribution in [0.1, 0.15) is 46.4 Å². The zero-order valence-electron chi connectivity index (χ0n) is 12.2. The molecule has 3 rings (SSSR count).